The van der Waals surface area contributed by atoms with E-state index in [1.165, 1.54) is 0 Å². The Hall–Kier alpha value is -1.70. The average molecular weight is 175 g/mol. The predicted molar refractivity (Wildman–Crippen MR) is 56.0 cm³/mol. The molecule has 2 N–H and O–H groups in total. The molecule has 0 saturated heterocycles. The second kappa shape index (κ2) is 4.36. The lowest BCUT2D eigenvalue weighted by Gasteiger charge is -1.99. The zero-order valence-electron chi connectivity index (χ0n) is 7.66. The van der Waals surface area contributed by atoms with Crippen molar-refractivity contribution in [2.45, 2.75) is 0 Å². The van der Waals surface area contributed by atoms with Crippen molar-refractivity contribution in [2.24, 2.45) is 0 Å². The number of anilines is 1. The molecule has 0 saturated carbocycles. The molecule has 0 bridgehead atoms. The van der Waals surface area contributed by atoms with Gasteiger partial charge in [-0.2, -0.15) is 0 Å². The summed E-state index contributed by atoms with van der Waals surface area (Å²) in [7, 11) is 1.58. The molecule has 0 aromatic heterocycles. The molecule has 0 aliphatic carbocycles. The van der Waals surface area contributed by atoms with Crippen molar-refractivity contribution in [1.29, 1.82) is 0 Å². The molecular weight excluding hydrogens is 162 g/mol. The van der Waals surface area contributed by atoms with Crippen LogP contribution in [0.1, 0.15) is 5.56 Å². The molecule has 1 aromatic carbocycles. The Labute approximate surface area is 78.3 Å². The van der Waals surface area contributed by atoms with E-state index in [0.717, 1.165) is 11.3 Å². The van der Waals surface area contributed by atoms with Crippen LogP contribution in [0, 0.1) is 0 Å². The van der Waals surface area contributed by atoms with E-state index in [1.807, 2.05) is 30.3 Å². The van der Waals surface area contributed by atoms with Crippen LogP contribution in [0.2, 0.25) is 0 Å². The summed E-state index contributed by atoms with van der Waals surface area (Å²) >= 11 is 0. The van der Waals surface area contributed by atoms with Gasteiger partial charge in [-0.05, 0) is 23.8 Å². The first-order valence-corrected chi connectivity index (χ1v) is 3.99. The average Bonchev–Trinajstić information content (AvgIpc) is 2.16. The molecule has 0 atom stereocenters. The van der Waals surface area contributed by atoms with Crippen molar-refractivity contribution in [2.75, 3.05) is 12.8 Å². The molecule has 13 heavy (non-hydrogen) atoms. The first-order chi connectivity index (χ1) is 6.24. The van der Waals surface area contributed by atoms with E-state index in [0.29, 0.717) is 5.76 Å². The molecule has 2 heteroatoms. The fraction of sp³-hybridized carbons (Fsp3) is 0.0909. The molecule has 0 aliphatic rings. The number of nitrogens with two attached hydrogens (primary N) is 1. The fourth-order valence-electron chi connectivity index (χ4n) is 0.913. The quantitative estimate of drug-likeness (QED) is 0.435. The van der Waals surface area contributed by atoms with Crippen molar-refractivity contribution in [3.05, 3.63) is 48.2 Å². The molecule has 0 fully saturated rings. The monoisotopic (exact) mass is 175 g/mol. The minimum atomic E-state index is 0.614. The Kier molecular flexibility index (Phi) is 3.15. The topological polar surface area (TPSA) is 35.2 Å². The second-order valence-electron chi connectivity index (χ2n) is 2.63. The third kappa shape index (κ3) is 2.67. The van der Waals surface area contributed by atoms with Crippen LogP contribution in [0.3, 0.4) is 0 Å². The smallest absolute Gasteiger partial charge is 0.111 e. The van der Waals surface area contributed by atoms with Gasteiger partial charge in [0.1, 0.15) is 5.76 Å². The van der Waals surface area contributed by atoms with Crippen LogP contribution in [0.4, 0.5) is 5.69 Å². The summed E-state index contributed by atoms with van der Waals surface area (Å²) in [5.74, 6) is 0.614. The summed E-state index contributed by atoms with van der Waals surface area (Å²) in [6.45, 7) is 3.67. The van der Waals surface area contributed by atoms with E-state index in [9.17, 15) is 0 Å². The number of para-hydroxylation sites is 1. The zero-order chi connectivity index (χ0) is 9.68. The van der Waals surface area contributed by atoms with Crippen LogP contribution >= 0.6 is 0 Å². The Balaban J connectivity index is 2.80. The highest BCUT2D eigenvalue weighted by Gasteiger charge is 1.91. The van der Waals surface area contributed by atoms with Crippen LogP contribution in [0.5, 0.6) is 0 Å². The number of rotatable bonds is 3. The number of benzene rings is 1. The third-order valence-corrected chi connectivity index (χ3v) is 1.71. The molecule has 0 radical (unpaired) electrons. The number of ether oxygens (including phenoxy) is 1. The largest absolute Gasteiger partial charge is 0.497 e. The van der Waals surface area contributed by atoms with Gasteiger partial charge < -0.3 is 10.5 Å². The van der Waals surface area contributed by atoms with Crippen molar-refractivity contribution in [1.82, 2.24) is 0 Å². The highest BCUT2D eigenvalue weighted by atomic mass is 16.5. The van der Waals surface area contributed by atoms with Crippen molar-refractivity contribution in [3.8, 4) is 0 Å². The van der Waals surface area contributed by atoms with Crippen LogP contribution in [-0.4, -0.2) is 7.11 Å². The number of hydrogen-bond acceptors (Lipinski definition) is 2. The molecule has 68 valence electrons. The van der Waals surface area contributed by atoms with Gasteiger partial charge in [-0.1, -0.05) is 24.8 Å². The van der Waals surface area contributed by atoms with E-state index in [1.54, 1.807) is 13.2 Å². The van der Waals surface area contributed by atoms with Crippen LogP contribution < -0.4 is 5.73 Å². The molecular formula is C11H13NO. The first-order valence-electron chi connectivity index (χ1n) is 3.99. The van der Waals surface area contributed by atoms with Crippen molar-refractivity contribution >= 4 is 11.8 Å². The van der Waals surface area contributed by atoms with Gasteiger partial charge >= 0.3 is 0 Å². The van der Waals surface area contributed by atoms with Crippen LogP contribution in [0.15, 0.2) is 42.7 Å². The van der Waals surface area contributed by atoms with Crippen molar-refractivity contribution < 1.29 is 4.74 Å². The molecule has 1 aromatic rings. The summed E-state index contributed by atoms with van der Waals surface area (Å²) < 4.78 is 4.89. The molecule has 0 heterocycles. The Morgan fingerprint density at radius 3 is 2.77 bits per heavy atom. The summed E-state index contributed by atoms with van der Waals surface area (Å²) in [5.41, 5.74) is 7.45. The lowest BCUT2D eigenvalue weighted by Crippen LogP contribution is -1.87. The Morgan fingerprint density at radius 1 is 1.46 bits per heavy atom. The SMILES string of the molecule is C=C(/C=C/c1ccccc1N)OC. The number of hydrogen-bond donors (Lipinski definition) is 1. The third-order valence-electron chi connectivity index (χ3n) is 1.71. The van der Waals surface area contributed by atoms with Gasteiger partial charge in [0.05, 0.1) is 7.11 Å². The van der Waals surface area contributed by atoms with Gasteiger partial charge in [0.15, 0.2) is 0 Å². The normalized spacial score (nSPS) is 10.2. The van der Waals surface area contributed by atoms with Crippen LogP contribution in [-0.2, 0) is 4.74 Å². The van der Waals surface area contributed by atoms with E-state index >= 15 is 0 Å². The Morgan fingerprint density at radius 2 is 2.15 bits per heavy atom. The van der Waals surface area contributed by atoms with E-state index < -0.39 is 0 Å². The highest BCUT2D eigenvalue weighted by Crippen LogP contribution is 2.12. The maximum atomic E-state index is 5.73. The molecule has 0 unspecified atom stereocenters. The lowest BCUT2D eigenvalue weighted by molar-refractivity contribution is 0.309. The molecule has 0 aliphatic heterocycles. The zero-order valence-corrected chi connectivity index (χ0v) is 7.66. The predicted octanol–water partition coefficient (Wildman–Crippen LogP) is 2.44. The fourth-order valence-corrected chi connectivity index (χ4v) is 0.913. The maximum absolute atomic E-state index is 5.73. The van der Waals surface area contributed by atoms with Crippen molar-refractivity contribution in [3.63, 3.8) is 0 Å². The van der Waals surface area contributed by atoms with Crippen LogP contribution in [0.25, 0.3) is 6.08 Å². The van der Waals surface area contributed by atoms with Gasteiger partial charge in [-0.3, -0.25) is 0 Å². The molecule has 0 amide bonds. The second-order valence-corrected chi connectivity index (χ2v) is 2.63. The summed E-state index contributed by atoms with van der Waals surface area (Å²) in [4.78, 5) is 0. The summed E-state index contributed by atoms with van der Waals surface area (Å²) in [6.07, 6.45) is 3.66. The highest BCUT2D eigenvalue weighted by molar-refractivity contribution is 5.65. The number of methoxy groups -OCH3 is 1. The number of nitrogen functional groups attached to an aromatic ring is 1. The van der Waals surface area contributed by atoms with Gasteiger partial charge in [0.2, 0.25) is 0 Å². The Bertz CT molecular complexity index is 329. The first kappa shape index (κ1) is 9.39. The van der Waals surface area contributed by atoms with Gasteiger partial charge in [0.25, 0.3) is 0 Å². The standard InChI is InChI=1S/C11H13NO/c1-9(13-2)7-8-10-5-3-4-6-11(10)12/h3-8H,1,12H2,2H3/b8-7+. The maximum Gasteiger partial charge on any atom is 0.111 e. The number of allylic oxidation sites excluding steroid dienone is 1. The molecule has 2 nitrogen and oxygen atoms in total. The van der Waals surface area contributed by atoms with Gasteiger partial charge in [-0.25, -0.2) is 0 Å². The molecule has 1 rings (SSSR count). The molecule has 0 spiro atoms. The van der Waals surface area contributed by atoms with Gasteiger partial charge in [-0.15, -0.1) is 0 Å². The van der Waals surface area contributed by atoms with E-state index in [2.05, 4.69) is 6.58 Å². The summed E-state index contributed by atoms with van der Waals surface area (Å²) in [6, 6.07) is 7.63. The minimum absolute atomic E-state index is 0.614. The van der Waals surface area contributed by atoms with Gasteiger partial charge in [0, 0.05) is 5.69 Å². The summed E-state index contributed by atoms with van der Waals surface area (Å²) in [5, 5.41) is 0. The van der Waals surface area contributed by atoms with E-state index in [-0.39, 0.29) is 0 Å². The van der Waals surface area contributed by atoms with E-state index in [4.69, 9.17) is 10.5 Å². The minimum Gasteiger partial charge on any atom is -0.497 e. The lowest BCUT2D eigenvalue weighted by atomic mass is 10.1.